The van der Waals surface area contributed by atoms with E-state index in [-0.39, 0.29) is 17.7 Å². The first kappa shape index (κ1) is 17.0. The maximum Gasteiger partial charge on any atom is 0.269 e. The van der Waals surface area contributed by atoms with E-state index in [1.165, 1.54) is 0 Å². The minimum Gasteiger partial charge on any atom is -0.355 e. The Labute approximate surface area is 155 Å². The highest BCUT2D eigenvalue weighted by atomic mass is 16.2. The van der Waals surface area contributed by atoms with Gasteiger partial charge in [-0.1, -0.05) is 18.2 Å². The number of anilines is 1. The van der Waals surface area contributed by atoms with Crippen LogP contribution in [-0.4, -0.2) is 44.7 Å². The van der Waals surface area contributed by atoms with Crippen molar-refractivity contribution in [2.75, 3.05) is 18.0 Å². The molecule has 0 unspecified atom stereocenters. The summed E-state index contributed by atoms with van der Waals surface area (Å²) in [7, 11) is 0. The summed E-state index contributed by atoms with van der Waals surface area (Å²) < 4.78 is 1.63. The van der Waals surface area contributed by atoms with Gasteiger partial charge in [0.2, 0.25) is 5.91 Å². The number of piperidine rings is 1. The lowest BCUT2D eigenvalue weighted by molar-refractivity contribution is -0.126. The van der Waals surface area contributed by atoms with Crippen molar-refractivity contribution in [1.29, 1.82) is 0 Å². The van der Waals surface area contributed by atoms with Crippen LogP contribution in [-0.2, 0) is 4.79 Å². The smallest absolute Gasteiger partial charge is 0.269 e. The minimum atomic E-state index is -0.326. The molecule has 3 aromatic rings. The second kappa shape index (κ2) is 7.40. The first-order valence-electron chi connectivity index (χ1n) is 8.78. The fourth-order valence-electron chi connectivity index (χ4n) is 3.14. The number of rotatable bonds is 3. The molecule has 1 aromatic carbocycles. The number of benzene rings is 1. The molecule has 0 aliphatic carbocycles. The SMILES string of the molecule is O=C(NNC(=O)C1CCN(c2ccc3nncn3n2)CC1)c1ccccc1. The van der Waals surface area contributed by atoms with Gasteiger partial charge in [-0.25, -0.2) is 0 Å². The van der Waals surface area contributed by atoms with Crippen molar-refractivity contribution in [2.45, 2.75) is 12.8 Å². The molecule has 9 nitrogen and oxygen atoms in total. The average Bonchev–Trinajstić information content (AvgIpc) is 3.20. The van der Waals surface area contributed by atoms with Gasteiger partial charge in [-0.3, -0.25) is 20.4 Å². The first-order valence-corrected chi connectivity index (χ1v) is 8.78. The highest BCUT2D eigenvalue weighted by Crippen LogP contribution is 2.21. The van der Waals surface area contributed by atoms with E-state index in [1.807, 2.05) is 18.2 Å². The van der Waals surface area contributed by atoms with Gasteiger partial charge in [-0.05, 0) is 37.1 Å². The number of nitrogens with one attached hydrogen (secondary N) is 2. The van der Waals surface area contributed by atoms with Crippen molar-refractivity contribution < 1.29 is 9.59 Å². The lowest BCUT2D eigenvalue weighted by Gasteiger charge is -2.31. The van der Waals surface area contributed by atoms with Gasteiger partial charge in [0.25, 0.3) is 5.91 Å². The van der Waals surface area contributed by atoms with Gasteiger partial charge in [-0.2, -0.15) is 4.52 Å². The quantitative estimate of drug-likeness (QED) is 0.666. The number of carbonyl (C=O) groups is 2. The number of hydrogen-bond acceptors (Lipinski definition) is 6. The van der Waals surface area contributed by atoms with E-state index < -0.39 is 0 Å². The van der Waals surface area contributed by atoms with Gasteiger partial charge in [0.15, 0.2) is 5.65 Å². The van der Waals surface area contributed by atoms with Crippen molar-refractivity contribution in [2.24, 2.45) is 5.92 Å². The summed E-state index contributed by atoms with van der Waals surface area (Å²) in [5, 5.41) is 12.2. The maximum atomic E-state index is 12.3. The molecule has 0 radical (unpaired) electrons. The number of nitrogens with zero attached hydrogens (tertiary/aromatic N) is 5. The Bertz CT molecular complexity index is 949. The van der Waals surface area contributed by atoms with Gasteiger partial charge in [0, 0.05) is 24.6 Å². The van der Waals surface area contributed by atoms with E-state index >= 15 is 0 Å². The number of fused-ring (bicyclic) bond motifs is 1. The summed E-state index contributed by atoms with van der Waals surface area (Å²) in [6.07, 6.45) is 2.94. The molecule has 4 rings (SSSR count). The zero-order valence-corrected chi connectivity index (χ0v) is 14.6. The Balaban J connectivity index is 1.29. The fraction of sp³-hybridized carbons (Fsp3) is 0.278. The van der Waals surface area contributed by atoms with E-state index in [1.54, 1.807) is 35.1 Å². The van der Waals surface area contributed by atoms with E-state index in [4.69, 9.17) is 0 Å². The largest absolute Gasteiger partial charge is 0.355 e. The van der Waals surface area contributed by atoms with Crippen LogP contribution in [0.25, 0.3) is 5.65 Å². The molecule has 2 amide bonds. The van der Waals surface area contributed by atoms with E-state index in [0.717, 1.165) is 5.82 Å². The van der Waals surface area contributed by atoms with Gasteiger partial charge < -0.3 is 4.90 Å². The molecule has 0 spiro atoms. The molecule has 0 bridgehead atoms. The van der Waals surface area contributed by atoms with Crippen molar-refractivity contribution in [1.82, 2.24) is 30.7 Å². The Kier molecular flexibility index (Phi) is 4.65. The van der Waals surface area contributed by atoms with Crippen LogP contribution in [0, 0.1) is 5.92 Å². The average molecular weight is 365 g/mol. The van der Waals surface area contributed by atoms with Gasteiger partial charge in [-0.15, -0.1) is 15.3 Å². The predicted octanol–water partition coefficient (Wildman–Crippen LogP) is 0.802. The monoisotopic (exact) mass is 365 g/mol. The summed E-state index contributed by atoms with van der Waals surface area (Å²) in [5.74, 6) is 0.198. The Morgan fingerprint density at radius 3 is 2.56 bits per heavy atom. The van der Waals surface area contributed by atoms with Crippen LogP contribution in [0.1, 0.15) is 23.2 Å². The molecule has 2 N–H and O–H groups in total. The lowest BCUT2D eigenvalue weighted by atomic mass is 9.96. The van der Waals surface area contributed by atoms with E-state index in [2.05, 4.69) is 31.0 Å². The van der Waals surface area contributed by atoms with Crippen molar-refractivity contribution in [3.05, 3.63) is 54.4 Å². The van der Waals surface area contributed by atoms with Gasteiger partial charge in [0.05, 0.1) is 0 Å². The molecule has 1 fully saturated rings. The van der Waals surface area contributed by atoms with Gasteiger partial charge >= 0.3 is 0 Å². The molecule has 3 heterocycles. The van der Waals surface area contributed by atoms with E-state index in [0.29, 0.717) is 37.1 Å². The lowest BCUT2D eigenvalue weighted by Crippen LogP contribution is -2.47. The number of carbonyl (C=O) groups excluding carboxylic acids is 2. The Morgan fingerprint density at radius 1 is 1.00 bits per heavy atom. The molecule has 9 heteroatoms. The molecule has 1 aliphatic rings. The molecular weight excluding hydrogens is 346 g/mol. The predicted molar refractivity (Wildman–Crippen MR) is 97.8 cm³/mol. The summed E-state index contributed by atoms with van der Waals surface area (Å²) in [5.41, 5.74) is 6.21. The van der Waals surface area contributed by atoms with Crippen LogP contribution >= 0.6 is 0 Å². The standard InChI is InChI=1S/C18H19N7O2/c26-17(13-4-2-1-3-5-13)21-22-18(27)14-8-10-24(11-9-14)16-7-6-15-20-19-12-25(15)23-16/h1-7,12,14H,8-11H2,(H,21,26)(H,22,27). The zero-order chi connectivity index (χ0) is 18.6. The van der Waals surface area contributed by atoms with E-state index in [9.17, 15) is 9.59 Å². The van der Waals surface area contributed by atoms with Crippen LogP contribution in [0.4, 0.5) is 5.82 Å². The zero-order valence-electron chi connectivity index (χ0n) is 14.6. The number of aromatic nitrogens is 4. The third-order valence-corrected chi connectivity index (χ3v) is 4.67. The third-order valence-electron chi connectivity index (χ3n) is 4.67. The van der Waals surface area contributed by atoms with Crippen molar-refractivity contribution in [3.8, 4) is 0 Å². The normalized spacial score (nSPS) is 14.9. The summed E-state index contributed by atoms with van der Waals surface area (Å²) in [6, 6.07) is 12.5. The highest BCUT2D eigenvalue weighted by Gasteiger charge is 2.26. The summed E-state index contributed by atoms with van der Waals surface area (Å²) in [6.45, 7) is 1.43. The summed E-state index contributed by atoms with van der Waals surface area (Å²) >= 11 is 0. The molecule has 0 saturated carbocycles. The maximum absolute atomic E-state index is 12.3. The molecule has 0 atom stereocenters. The molecule has 1 saturated heterocycles. The van der Waals surface area contributed by atoms with Crippen LogP contribution in [0.2, 0.25) is 0 Å². The Morgan fingerprint density at radius 2 is 1.78 bits per heavy atom. The fourth-order valence-corrected chi connectivity index (χ4v) is 3.14. The molecule has 1 aliphatic heterocycles. The van der Waals surface area contributed by atoms with Crippen molar-refractivity contribution >= 4 is 23.3 Å². The third kappa shape index (κ3) is 3.71. The number of amides is 2. The topological polar surface area (TPSA) is 105 Å². The molecule has 27 heavy (non-hydrogen) atoms. The van der Waals surface area contributed by atoms with Crippen LogP contribution in [0.15, 0.2) is 48.8 Å². The minimum absolute atomic E-state index is 0.143. The second-order valence-corrected chi connectivity index (χ2v) is 6.40. The highest BCUT2D eigenvalue weighted by molar-refractivity contribution is 5.95. The van der Waals surface area contributed by atoms with Crippen LogP contribution < -0.4 is 15.8 Å². The van der Waals surface area contributed by atoms with Crippen LogP contribution in [0.3, 0.4) is 0 Å². The molecule has 2 aromatic heterocycles. The summed E-state index contributed by atoms with van der Waals surface area (Å²) in [4.78, 5) is 26.5. The molecular formula is C18H19N7O2. The Hall–Kier alpha value is -3.49. The van der Waals surface area contributed by atoms with Gasteiger partial charge in [0.1, 0.15) is 12.1 Å². The molecule has 138 valence electrons. The number of hydrogen-bond donors (Lipinski definition) is 2. The van der Waals surface area contributed by atoms with Crippen molar-refractivity contribution in [3.63, 3.8) is 0 Å². The first-order chi connectivity index (χ1) is 13.2. The number of hydrazine groups is 1. The second-order valence-electron chi connectivity index (χ2n) is 6.40. The van der Waals surface area contributed by atoms with Crippen LogP contribution in [0.5, 0.6) is 0 Å².